The van der Waals surface area contributed by atoms with Gasteiger partial charge in [0.1, 0.15) is 0 Å². The Balaban J connectivity index is 1.84. The molecule has 1 aliphatic rings. The van der Waals surface area contributed by atoms with E-state index in [1.165, 1.54) is 11.8 Å². The number of hydrogen-bond acceptors (Lipinski definition) is 6. The van der Waals surface area contributed by atoms with Gasteiger partial charge >= 0.3 is 0 Å². The van der Waals surface area contributed by atoms with E-state index < -0.39 is 6.23 Å². The van der Waals surface area contributed by atoms with Crippen molar-refractivity contribution in [2.24, 2.45) is 4.99 Å². The topological polar surface area (TPSA) is 70.4 Å². The highest BCUT2D eigenvalue weighted by Gasteiger charge is 2.20. The first kappa shape index (κ1) is 11.2. The molecule has 18 heavy (non-hydrogen) atoms. The number of aromatic nitrogens is 2. The van der Waals surface area contributed by atoms with Crippen LogP contribution < -0.4 is 5.32 Å². The molecule has 6 heteroatoms. The Kier molecular flexibility index (Phi) is 2.95. The van der Waals surface area contributed by atoms with Gasteiger partial charge in [0.2, 0.25) is 0 Å². The van der Waals surface area contributed by atoms with E-state index >= 15 is 0 Å². The number of nitrogens with zero attached hydrogens (tertiary/aromatic N) is 3. The molecule has 0 aromatic carbocycles. The summed E-state index contributed by atoms with van der Waals surface area (Å²) in [5, 5.41) is 13.7. The minimum Gasteiger partial charge on any atom is -0.368 e. The van der Waals surface area contributed by atoms with E-state index in [-0.39, 0.29) is 0 Å². The molecule has 0 spiro atoms. The van der Waals surface area contributed by atoms with E-state index in [1.807, 2.05) is 18.2 Å². The van der Waals surface area contributed by atoms with E-state index in [4.69, 9.17) is 0 Å². The molecule has 0 aliphatic carbocycles. The molecule has 1 unspecified atom stereocenters. The highest BCUT2D eigenvalue weighted by molar-refractivity contribution is 8.14. The number of aliphatic imine (C=N–C) groups is 1. The maximum Gasteiger partial charge on any atom is 0.176 e. The Bertz CT molecular complexity index is 588. The van der Waals surface area contributed by atoms with Crippen LogP contribution in [0.5, 0.6) is 0 Å². The molecular weight excluding hydrogens is 248 g/mol. The van der Waals surface area contributed by atoms with Crippen LogP contribution in [0, 0.1) is 0 Å². The largest absolute Gasteiger partial charge is 0.368 e. The van der Waals surface area contributed by atoms with Crippen LogP contribution in [0.15, 0.2) is 52.9 Å². The molecule has 0 saturated heterocycles. The average molecular weight is 258 g/mol. The summed E-state index contributed by atoms with van der Waals surface area (Å²) in [4.78, 5) is 13.1. The molecule has 2 aromatic rings. The van der Waals surface area contributed by atoms with Crippen LogP contribution in [0.3, 0.4) is 0 Å². The zero-order valence-corrected chi connectivity index (χ0v) is 10.1. The molecule has 2 N–H and O–H groups in total. The summed E-state index contributed by atoms with van der Waals surface area (Å²) in [6, 6.07) is 5.60. The van der Waals surface area contributed by atoms with Crippen molar-refractivity contribution in [2.45, 2.75) is 11.1 Å². The van der Waals surface area contributed by atoms with E-state index in [1.54, 1.807) is 24.8 Å². The second-order valence-corrected chi connectivity index (χ2v) is 4.72. The van der Waals surface area contributed by atoms with E-state index in [0.29, 0.717) is 5.17 Å². The van der Waals surface area contributed by atoms with Gasteiger partial charge in [-0.25, -0.2) is 4.99 Å². The summed E-state index contributed by atoms with van der Waals surface area (Å²) in [5.74, 6) is 0. The fraction of sp³-hybridized carbons (Fsp3) is 0.0833. The number of amidine groups is 1. The Labute approximate surface area is 108 Å². The lowest BCUT2D eigenvalue weighted by Crippen LogP contribution is -2.15. The first-order valence-corrected chi connectivity index (χ1v) is 6.19. The summed E-state index contributed by atoms with van der Waals surface area (Å²) < 4.78 is 0. The monoisotopic (exact) mass is 258 g/mol. The maximum absolute atomic E-state index is 9.91. The number of rotatable bonds is 1. The minimum atomic E-state index is -0.867. The fourth-order valence-corrected chi connectivity index (χ4v) is 2.54. The summed E-state index contributed by atoms with van der Waals surface area (Å²) in [7, 11) is 0. The molecule has 0 bridgehead atoms. The summed E-state index contributed by atoms with van der Waals surface area (Å²) in [6.45, 7) is 0. The predicted molar refractivity (Wildman–Crippen MR) is 70.3 cm³/mol. The van der Waals surface area contributed by atoms with Crippen LogP contribution in [-0.4, -0.2) is 20.2 Å². The lowest BCUT2D eigenvalue weighted by molar-refractivity contribution is 0.185. The van der Waals surface area contributed by atoms with Crippen molar-refractivity contribution in [2.75, 3.05) is 5.32 Å². The number of aliphatic hydroxyl groups excluding tert-OH is 1. The number of aliphatic hydroxyl groups is 1. The van der Waals surface area contributed by atoms with Gasteiger partial charge in [0, 0.05) is 29.0 Å². The van der Waals surface area contributed by atoms with Crippen molar-refractivity contribution in [1.82, 2.24) is 9.97 Å². The van der Waals surface area contributed by atoms with E-state index in [2.05, 4.69) is 20.3 Å². The van der Waals surface area contributed by atoms with E-state index in [9.17, 15) is 5.11 Å². The van der Waals surface area contributed by atoms with Crippen LogP contribution in [0.4, 0.5) is 5.69 Å². The van der Waals surface area contributed by atoms with Crippen molar-refractivity contribution in [3.8, 4) is 0 Å². The highest BCUT2D eigenvalue weighted by atomic mass is 32.2. The van der Waals surface area contributed by atoms with Gasteiger partial charge in [-0.3, -0.25) is 9.97 Å². The van der Waals surface area contributed by atoms with Gasteiger partial charge in [0.05, 0.1) is 11.9 Å². The Morgan fingerprint density at radius 1 is 1.17 bits per heavy atom. The second kappa shape index (κ2) is 4.75. The molecule has 0 saturated carbocycles. The smallest absolute Gasteiger partial charge is 0.176 e. The molecule has 3 rings (SSSR count). The Morgan fingerprint density at radius 3 is 2.89 bits per heavy atom. The molecular formula is C12H10N4OS. The quantitative estimate of drug-likeness (QED) is 0.819. The number of thioether (sulfide) groups is 1. The van der Waals surface area contributed by atoms with Crippen LogP contribution in [0.25, 0.3) is 0 Å². The van der Waals surface area contributed by atoms with E-state index in [0.717, 1.165) is 16.1 Å². The number of nitrogens with one attached hydrogen (secondary N) is 1. The summed E-state index contributed by atoms with van der Waals surface area (Å²) in [6.07, 6.45) is 5.88. The summed E-state index contributed by atoms with van der Waals surface area (Å²) in [5.41, 5.74) is 1.58. The van der Waals surface area contributed by atoms with Crippen LogP contribution >= 0.6 is 11.8 Å². The van der Waals surface area contributed by atoms with Crippen molar-refractivity contribution < 1.29 is 5.11 Å². The normalized spacial score (nSPS) is 17.8. The van der Waals surface area contributed by atoms with Gasteiger partial charge < -0.3 is 10.4 Å². The molecule has 1 atom stereocenters. The number of hydrogen-bond donors (Lipinski definition) is 2. The molecule has 0 radical (unpaired) electrons. The van der Waals surface area contributed by atoms with Crippen LogP contribution in [0.2, 0.25) is 0 Å². The van der Waals surface area contributed by atoms with Crippen LogP contribution in [-0.2, 0) is 0 Å². The van der Waals surface area contributed by atoms with Gasteiger partial charge in [-0.2, -0.15) is 0 Å². The third-order valence-electron chi connectivity index (χ3n) is 2.45. The van der Waals surface area contributed by atoms with Gasteiger partial charge in [-0.1, -0.05) is 11.8 Å². The second-order valence-electron chi connectivity index (χ2n) is 3.69. The lowest BCUT2D eigenvalue weighted by atomic mass is 10.2. The van der Waals surface area contributed by atoms with Crippen molar-refractivity contribution in [3.05, 3.63) is 48.5 Å². The molecule has 0 amide bonds. The molecule has 5 nitrogen and oxygen atoms in total. The number of anilines is 1. The molecule has 2 aromatic heterocycles. The third-order valence-corrected chi connectivity index (χ3v) is 3.44. The Hall–Kier alpha value is -1.92. The first-order chi connectivity index (χ1) is 8.83. The van der Waals surface area contributed by atoms with Gasteiger partial charge in [-0.05, 0) is 18.2 Å². The highest BCUT2D eigenvalue weighted by Crippen LogP contribution is 2.34. The minimum absolute atomic E-state index is 0.647. The molecule has 1 aliphatic heterocycles. The molecule has 3 heterocycles. The number of pyridine rings is 2. The van der Waals surface area contributed by atoms with Crippen molar-refractivity contribution >= 4 is 22.6 Å². The van der Waals surface area contributed by atoms with Crippen molar-refractivity contribution in [1.29, 1.82) is 0 Å². The first-order valence-electron chi connectivity index (χ1n) is 5.37. The van der Waals surface area contributed by atoms with Gasteiger partial charge in [0.15, 0.2) is 11.4 Å². The zero-order chi connectivity index (χ0) is 12.4. The lowest BCUT2D eigenvalue weighted by Gasteiger charge is -2.19. The Morgan fingerprint density at radius 2 is 2.06 bits per heavy atom. The number of fused-ring (bicyclic) bond motifs is 1. The van der Waals surface area contributed by atoms with Crippen LogP contribution in [0.1, 0.15) is 11.8 Å². The average Bonchev–Trinajstić information content (AvgIpc) is 2.40. The maximum atomic E-state index is 9.91. The van der Waals surface area contributed by atoms with Gasteiger partial charge in [-0.15, -0.1) is 0 Å². The third kappa shape index (κ3) is 2.20. The predicted octanol–water partition coefficient (Wildman–Crippen LogP) is 2.04. The van der Waals surface area contributed by atoms with Crippen molar-refractivity contribution in [3.63, 3.8) is 0 Å². The standard InChI is InChI=1S/C12H10N4OS/c17-11-9-7-14-5-3-10(9)18-12(16-11)15-8-2-1-4-13-6-8/h1-7,11,17H,(H,15,16). The SMILES string of the molecule is OC1N=C(Nc2cccnc2)Sc2ccncc21. The molecule has 0 fully saturated rings. The summed E-state index contributed by atoms with van der Waals surface area (Å²) >= 11 is 1.47. The van der Waals surface area contributed by atoms with Gasteiger partial charge in [0.25, 0.3) is 0 Å². The fourth-order valence-electron chi connectivity index (χ4n) is 1.61. The molecule has 90 valence electrons. The zero-order valence-electron chi connectivity index (χ0n) is 9.32.